The van der Waals surface area contributed by atoms with Gasteiger partial charge in [0.2, 0.25) is 0 Å². The fourth-order valence-corrected chi connectivity index (χ4v) is 2.54. The summed E-state index contributed by atoms with van der Waals surface area (Å²) in [6, 6.07) is 9.62. The van der Waals surface area contributed by atoms with Crippen LogP contribution in [0.1, 0.15) is 5.69 Å². The van der Waals surface area contributed by atoms with E-state index in [1.54, 1.807) is 19.2 Å². The number of aromatic hydroxyl groups is 1. The first-order valence-electron chi connectivity index (χ1n) is 7.01. The quantitative estimate of drug-likeness (QED) is 0.438. The molecule has 0 atom stereocenters. The molecule has 0 spiro atoms. The highest BCUT2D eigenvalue weighted by Gasteiger charge is 2.23. The molecular weight excluding hydrogens is 316 g/mol. The molecule has 0 saturated heterocycles. The number of aryl methyl sites for hydroxylation is 1. The molecule has 0 bridgehead atoms. The van der Waals surface area contributed by atoms with Gasteiger partial charge in [0.15, 0.2) is 0 Å². The molecule has 1 aromatic heterocycles. The van der Waals surface area contributed by atoms with E-state index in [9.17, 15) is 13.9 Å². The van der Waals surface area contributed by atoms with Crippen LogP contribution in [-0.4, -0.2) is 26.3 Å². The maximum absolute atomic E-state index is 14.3. The first-order valence-corrected chi connectivity index (χ1v) is 7.01. The van der Waals surface area contributed by atoms with Crippen LogP contribution in [0.3, 0.4) is 0 Å². The van der Waals surface area contributed by atoms with Crippen LogP contribution in [0, 0.1) is 11.6 Å². The molecule has 2 aromatic carbocycles. The molecule has 0 aliphatic rings. The average molecular weight is 329 g/mol. The van der Waals surface area contributed by atoms with Crippen LogP contribution in [0.25, 0.3) is 22.4 Å². The number of benzene rings is 2. The minimum absolute atomic E-state index is 0.0606. The van der Waals surface area contributed by atoms with Gasteiger partial charge in [0.1, 0.15) is 23.1 Å². The molecule has 0 fully saturated rings. The molecule has 122 valence electrons. The summed E-state index contributed by atoms with van der Waals surface area (Å²) in [5.74, 6) is -1.45. The number of halogens is 2. The number of phenolic OH excluding ortho intramolecular Hbond substituents is 1. The minimum atomic E-state index is -0.754. The molecule has 0 aliphatic carbocycles. The van der Waals surface area contributed by atoms with Crippen LogP contribution < -0.4 is 0 Å². The number of nitrogens with zero attached hydrogens (tertiary/aromatic N) is 3. The molecule has 0 amide bonds. The van der Waals surface area contributed by atoms with E-state index in [0.717, 1.165) is 18.3 Å². The van der Waals surface area contributed by atoms with E-state index >= 15 is 0 Å². The Morgan fingerprint density at radius 3 is 2.25 bits per heavy atom. The standard InChI is InChI=1S/C17H13F2N3O2/c1-22-14(9-20-24)16(15-12(18)3-2-4-13(15)19)17(21-22)10-5-7-11(23)8-6-10/h2-9,23-24H,1H3. The highest BCUT2D eigenvalue weighted by molar-refractivity contribution is 5.95. The van der Waals surface area contributed by atoms with Crippen molar-refractivity contribution >= 4 is 6.21 Å². The van der Waals surface area contributed by atoms with E-state index in [4.69, 9.17) is 5.21 Å². The van der Waals surface area contributed by atoms with Crippen molar-refractivity contribution in [3.8, 4) is 28.1 Å². The molecular formula is C17H13F2N3O2. The van der Waals surface area contributed by atoms with E-state index in [1.165, 1.54) is 22.9 Å². The van der Waals surface area contributed by atoms with Gasteiger partial charge in [-0.2, -0.15) is 5.10 Å². The lowest BCUT2D eigenvalue weighted by Gasteiger charge is -2.07. The summed E-state index contributed by atoms with van der Waals surface area (Å²) in [7, 11) is 1.57. The molecule has 5 nitrogen and oxygen atoms in total. The van der Waals surface area contributed by atoms with E-state index in [-0.39, 0.29) is 22.6 Å². The smallest absolute Gasteiger partial charge is 0.134 e. The zero-order valence-electron chi connectivity index (χ0n) is 12.6. The van der Waals surface area contributed by atoms with E-state index in [0.29, 0.717) is 11.3 Å². The number of hydrogen-bond acceptors (Lipinski definition) is 4. The average Bonchev–Trinajstić information content (AvgIpc) is 2.86. The molecule has 2 N–H and O–H groups in total. The van der Waals surface area contributed by atoms with Crippen molar-refractivity contribution in [2.75, 3.05) is 0 Å². The van der Waals surface area contributed by atoms with Crippen molar-refractivity contribution in [1.29, 1.82) is 0 Å². The Labute approximate surface area is 136 Å². The third kappa shape index (κ3) is 2.60. The fourth-order valence-electron chi connectivity index (χ4n) is 2.54. The largest absolute Gasteiger partial charge is 0.508 e. The predicted molar refractivity (Wildman–Crippen MR) is 85.0 cm³/mol. The van der Waals surface area contributed by atoms with Gasteiger partial charge in [0.05, 0.1) is 17.5 Å². The Morgan fingerprint density at radius 2 is 1.67 bits per heavy atom. The summed E-state index contributed by atoms with van der Waals surface area (Å²) in [4.78, 5) is 0. The van der Waals surface area contributed by atoms with Gasteiger partial charge >= 0.3 is 0 Å². The zero-order chi connectivity index (χ0) is 17.3. The fraction of sp³-hybridized carbons (Fsp3) is 0.0588. The number of hydrogen-bond donors (Lipinski definition) is 2. The van der Waals surface area contributed by atoms with Gasteiger partial charge in [-0.3, -0.25) is 4.68 Å². The minimum Gasteiger partial charge on any atom is -0.508 e. The molecule has 0 unspecified atom stereocenters. The van der Waals surface area contributed by atoms with Crippen LogP contribution >= 0.6 is 0 Å². The molecule has 24 heavy (non-hydrogen) atoms. The van der Waals surface area contributed by atoms with Crippen molar-refractivity contribution in [2.45, 2.75) is 0 Å². The topological polar surface area (TPSA) is 70.6 Å². The SMILES string of the molecule is Cn1nc(-c2ccc(O)cc2)c(-c2c(F)cccc2F)c1C=NO. The third-order valence-corrected chi connectivity index (χ3v) is 3.63. The Hall–Kier alpha value is -3.22. The van der Waals surface area contributed by atoms with Gasteiger partial charge in [0, 0.05) is 18.2 Å². The number of rotatable bonds is 3. The Balaban J connectivity index is 2.36. The van der Waals surface area contributed by atoms with E-state index in [1.807, 2.05) is 0 Å². The van der Waals surface area contributed by atoms with E-state index in [2.05, 4.69) is 10.3 Å². The molecule has 7 heteroatoms. The van der Waals surface area contributed by atoms with Crippen LogP contribution in [0.2, 0.25) is 0 Å². The van der Waals surface area contributed by atoms with Gasteiger partial charge in [-0.15, -0.1) is 0 Å². The maximum atomic E-state index is 14.3. The lowest BCUT2D eigenvalue weighted by atomic mass is 9.98. The summed E-state index contributed by atoms with van der Waals surface area (Å²) in [6.45, 7) is 0. The number of oxime groups is 1. The molecule has 0 radical (unpaired) electrons. The van der Waals surface area contributed by atoms with Gasteiger partial charge in [-0.1, -0.05) is 11.2 Å². The van der Waals surface area contributed by atoms with Gasteiger partial charge in [0.25, 0.3) is 0 Å². The molecule has 0 aliphatic heterocycles. The van der Waals surface area contributed by atoms with Crippen LogP contribution in [0.5, 0.6) is 5.75 Å². The normalized spacial score (nSPS) is 11.3. The van der Waals surface area contributed by atoms with Crippen LogP contribution in [0.4, 0.5) is 8.78 Å². The Morgan fingerprint density at radius 1 is 1.04 bits per heavy atom. The Bertz CT molecular complexity index is 898. The van der Waals surface area contributed by atoms with Gasteiger partial charge in [-0.05, 0) is 36.4 Å². The molecule has 3 rings (SSSR count). The van der Waals surface area contributed by atoms with Crippen LogP contribution in [0.15, 0.2) is 47.6 Å². The highest BCUT2D eigenvalue weighted by Crippen LogP contribution is 2.37. The first kappa shape index (κ1) is 15.7. The van der Waals surface area contributed by atoms with Crippen molar-refractivity contribution in [3.63, 3.8) is 0 Å². The van der Waals surface area contributed by atoms with Crippen molar-refractivity contribution in [2.24, 2.45) is 12.2 Å². The predicted octanol–water partition coefficient (Wildman–Crippen LogP) is 3.55. The van der Waals surface area contributed by atoms with Crippen molar-refractivity contribution in [3.05, 3.63) is 59.8 Å². The van der Waals surface area contributed by atoms with Crippen molar-refractivity contribution < 1.29 is 19.1 Å². The summed E-state index contributed by atoms with van der Waals surface area (Å²) in [5, 5.41) is 25.6. The van der Waals surface area contributed by atoms with Gasteiger partial charge < -0.3 is 10.3 Å². The number of aromatic nitrogens is 2. The maximum Gasteiger partial charge on any atom is 0.134 e. The van der Waals surface area contributed by atoms with Gasteiger partial charge in [-0.25, -0.2) is 8.78 Å². The molecule has 1 heterocycles. The second-order valence-electron chi connectivity index (χ2n) is 5.12. The van der Waals surface area contributed by atoms with Crippen LogP contribution in [-0.2, 0) is 7.05 Å². The number of phenols is 1. The summed E-state index contributed by atoms with van der Waals surface area (Å²) < 4.78 is 30.0. The first-order chi connectivity index (χ1) is 11.5. The summed E-state index contributed by atoms with van der Waals surface area (Å²) in [5.41, 5.74) is 1.000. The lowest BCUT2D eigenvalue weighted by molar-refractivity contribution is 0.321. The molecule has 0 saturated carbocycles. The molecule has 3 aromatic rings. The summed E-state index contributed by atoms with van der Waals surface area (Å²) >= 11 is 0. The third-order valence-electron chi connectivity index (χ3n) is 3.63. The van der Waals surface area contributed by atoms with Crippen molar-refractivity contribution in [1.82, 2.24) is 9.78 Å². The second-order valence-corrected chi connectivity index (χ2v) is 5.12. The Kier molecular flexibility index (Phi) is 3.99. The zero-order valence-corrected chi connectivity index (χ0v) is 12.6. The summed E-state index contributed by atoms with van der Waals surface area (Å²) in [6.07, 6.45) is 1.07. The highest BCUT2D eigenvalue weighted by atomic mass is 19.1. The lowest BCUT2D eigenvalue weighted by Crippen LogP contribution is -1.99. The van der Waals surface area contributed by atoms with E-state index < -0.39 is 11.6 Å². The monoisotopic (exact) mass is 329 g/mol. The second kappa shape index (κ2) is 6.11.